The van der Waals surface area contributed by atoms with Gasteiger partial charge in [-0.15, -0.1) is 0 Å². The van der Waals surface area contributed by atoms with Crippen molar-refractivity contribution in [3.8, 4) is 5.75 Å². The monoisotopic (exact) mass is 324 g/mol. The minimum absolute atomic E-state index is 0.0604. The Morgan fingerprint density at radius 1 is 1.00 bits per heavy atom. The maximum absolute atomic E-state index is 7.96. The average Bonchev–Trinajstić information content (AvgIpc) is 2.48. The zero-order valence-electron chi connectivity index (χ0n) is 11.3. The standard InChI is InChI=1S/C15H14Cl2N2O2/c1-19-21-15(18)14(10-2-4-11(16)5-3-10)20-13-8-6-12(17)7-9-13/h2-9,14,18-19H,1H3. The summed E-state index contributed by atoms with van der Waals surface area (Å²) in [5.41, 5.74) is 3.23. The van der Waals surface area contributed by atoms with E-state index in [1.165, 1.54) is 0 Å². The minimum atomic E-state index is -0.684. The Morgan fingerprint density at radius 2 is 1.52 bits per heavy atom. The summed E-state index contributed by atoms with van der Waals surface area (Å²) in [7, 11) is 1.58. The van der Waals surface area contributed by atoms with E-state index >= 15 is 0 Å². The molecule has 1 atom stereocenters. The molecule has 4 nitrogen and oxygen atoms in total. The summed E-state index contributed by atoms with van der Waals surface area (Å²) in [5.74, 6) is 0.526. The fourth-order valence-corrected chi connectivity index (χ4v) is 1.98. The van der Waals surface area contributed by atoms with Gasteiger partial charge >= 0.3 is 0 Å². The van der Waals surface area contributed by atoms with Crippen LogP contribution in [0.25, 0.3) is 0 Å². The van der Waals surface area contributed by atoms with Crippen LogP contribution in [0.2, 0.25) is 10.0 Å². The molecule has 2 rings (SSSR count). The molecule has 0 aromatic heterocycles. The van der Waals surface area contributed by atoms with Crippen LogP contribution in [0.5, 0.6) is 5.75 Å². The van der Waals surface area contributed by atoms with Crippen molar-refractivity contribution in [1.82, 2.24) is 5.48 Å². The molecule has 0 spiro atoms. The van der Waals surface area contributed by atoms with E-state index in [0.717, 1.165) is 5.56 Å². The first-order valence-corrected chi connectivity index (χ1v) is 6.95. The molecule has 0 aliphatic carbocycles. The zero-order chi connectivity index (χ0) is 15.2. The molecule has 21 heavy (non-hydrogen) atoms. The minimum Gasteiger partial charge on any atom is -0.476 e. The van der Waals surface area contributed by atoms with Gasteiger partial charge in [-0.3, -0.25) is 5.41 Å². The molecule has 2 aromatic rings. The number of hydrogen-bond donors (Lipinski definition) is 2. The van der Waals surface area contributed by atoms with Crippen molar-refractivity contribution < 1.29 is 9.57 Å². The van der Waals surface area contributed by atoms with Crippen LogP contribution in [0.4, 0.5) is 0 Å². The van der Waals surface area contributed by atoms with Gasteiger partial charge in [0.05, 0.1) is 0 Å². The summed E-state index contributed by atoms with van der Waals surface area (Å²) in [4.78, 5) is 5.03. The molecule has 2 N–H and O–H groups in total. The van der Waals surface area contributed by atoms with E-state index in [-0.39, 0.29) is 5.90 Å². The van der Waals surface area contributed by atoms with E-state index in [1.807, 2.05) is 0 Å². The third-order valence-electron chi connectivity index (χ3n) is 2.69. The number of rotatable bonds is 5. The van der Waals surface area contributed by atoms with E-state index < -0.39 is 6.10 Å². The molecule has 0 aliphatic rings. The van der Waals surface area contributed by atoms with Crippen molar-refractivity contribution >= 4 is 29.1 Å². The van der Waals surface area contributed by atoms with E-state index in [1.54, 1.807) is 55.6 Å². The highest BCUT2D eigenvalue weighted by Crippen LogP contribution is 2.25. The predicted octanol–water partition coefficient (Wildman–Crippen LogP) is 4.24. The molecule has 1 unspecified atom stereocenters. The van der Waals surface area contributed by atoms with Gasteiger partial charge in [-0.25, -0.2) is 0 Å². The third-order valence-corrected chi connectivity index (χ3v) is 3.19. The average molecular weight is 325 g/mol. The molecule has 0 fully saturated rings. The van der Waals surface area contributed by atoms with Crippen LogP contribution < -0.4 is 10.2 Å². The number of benzene rings is 2. The largest absolute Gasteiger partial charge is 0.476 e. The van der Waals surface area contributed by atoms with Crippen LogP contribution >= 0.6 is 23.2 Å². The van der Waals surface area contributed by atoms with Gasteiger partial charge in [0.15, 0.2) is 0 Å². The van der Waals surface area contributed by atoms with E-state index in [0.29, 0.717) is 15.8 Å². The lowest BCUT2D eigenvalue weighted by atomic mass is 10.1. The van der Waals surface area contributed by atoms with Crippen molar-refractivity contribution in [3.05, 3.63) is 64.1 Å². The summed E-state index contributed by atoms with van der Waals surface area (Å²) in [5, 5.41) is 9.19. The lowest BCUT2D eigenvalue weighted by Crippen LogP contribution is -2.25. The van der Waals surface area contributed by atoms with Crippen LogP contribution in [0.1, 0.15) is 11.7 Å². The normalized spacial score (nSPS) is 11.8. The molecule has 0 aliphatic heterocycles. The second kappa shape index (κ2) is 7.31. The molecule has 0 saturated carbocycles. The van der Waals surface area contributed by atoms with Gasteiger partial charge in [-0.2, -0.15) is 5.48 Å². The topological polar surface area (TPSA) is 54.3 Å². The maximum Gasteiger partial charge on any atom is 0.252 e. The lowest BCUT2D eigenvalue weighted by Gasteiger charge is -2.20. The maximum atomic E-state index is 7.96. The third kappa shape index (κ3) is 4.36. The lowest BCUT2D eigenvalue weighted by molar-refractivity contribution is 0.153. The van der Waals surface area contributed by atoms with Crippen LogP contribution in [-0.2, 0) is 4.84 Å². The van der Waals surface area contributed by atoms with Gasteiger partial charge < -0.3 is 9.57 Å². The van der Waals surface area contributed by atoms with Gasteiger partial charge in [-0.05, 0) is 36.4 Å². The summed E-state index contributed by atoms with van der Waals surface area (Å²) >= 11 is 11.7. The number of hydrogen-bond acceptors (Lipinski definition) is 4. The van der Waals surface area contributed by atoms with Crippen LogP contribution in [0, 0.1) is 5.41 Å². The van der Waals surface area contributed by atoms with E-state index in [2.05, 4.69) is 5.48 Å². The molecule has 0 saturated heterocycles. The second-order valence-corrected chi connectivity index (χ2v) is 5.05. The molecule has 6 heteroatoms. The predicted molar refractivity (Wildman–Crippen MR) is 84.1 cm³/mol. The fraction of sp³-hybridized carbons (Fsp3) is 0.133. The molecule has 0 bridgehead atoms. The number of nitrogens with one attached hydrogen (secondary N) is 2. The summed E-state index contributed by atoms with van der Waals surface area (Å²) < 4.78 is 5.82. The van der Waals surface area contributed by atoms with Gasteiger partial charge in [-0.1, -0.05) is 35.3 Å². The summed E-state index contributed by atoms with van der Waals surface area (Å²) in [6.07, 6.45) is -0.684. The zero-order valence-corrected chi connectivity index (χ0v) is 12.8. The van der Waals surface area contributed by atoms with Crippen molar-refractivity contribution in [1.29, 1.82) is 5.41 Å². The Labute approximate surface area is 133 Å². The fourth-order valence-electron chi connectivity index (χ4n) is 1.72. The van der Waals surface area contributed by atoms with Crippen LogP contribution in [0.3, 0.4) is 0 Å². The Hall–Kier alpha value is -1.75. The Morgan fingerprint density at radius 3 is 2.05 bits per heavy atom. The molecule has 110 valence electrons. The highest BCUT2D eigenvalue weighted by molar-refractivity contribution is 6.30. The first kappa shape index (κ1) is 15.6. The highest BCUT2D eigenvalue weighted by Gasteiger charge is 2.21. The Kier molecular flexibility index (Phi) is 5.44. The second-order valence-electron chi connectivity index (χ2n) is 4.17. The molecule has 2 aromatic carbocycles. The molecule has 0 radical (unpaired) electrons. The van der Waals surface area contributed by atoms with Crippen LogP contribution in [0.15, 0.2) is 48.5 Å². The van der Waals surface area contributed by atoms with Crippen molar-refractivity contribution in [2.24, 2.45) is 0 Å². The highest BCUT2D eigenvalue weighted by atomic mass is 35.5. The van der Waals surface area contributed by atoms with Crippen molar-refractivity contribution in [3.63, 3.8) is 0 Å². The van der Waals surface area contributed by atoms with Gasteiger partial charge in [0.2, 0.25) is 6.10 Å². The van der Waals surface area contributed by atoms with Gasteiger partial charge in [0.25, 0.3) is 5.90 Å². The molecular weight excluding hydrogens is 311 g/mol. The van der Waals surface area contributed by atoms with Crippen molar-refractivity contribution in [2.75, 3.05) is 7.05 Å². The summed E-state index contributed by atoms with van der Waals surface area (Å²) in [6, 6.07) is 14.0. The SMILES string of the molecule is CNOC(=N)C(Oc1ccc(Cl)cc1)c1ccc(Cl)cc1. The quantitative estimate of drug-likeness (QED) is 0.491. The van der Waals surface area contributed by atoms with E-state index in [9.17, 15) is 0 Å². The molecular formula is C15H14Cl2N2O2. The van der Waals surface area contributed by atoms with Crippen molar-refractivity contribution in [2.45, 2.75) is 6.10 Å². The molecule has 0 heterocycles. The van der Waals surface area contributed by atoms with Crippen LogP contribution in [-0.4, -0.2) is 12.9 Å². The summed E-state index contributed by atoms with van der Waals surface area (Å²) in [6.45, 7) is 0. The number of ether oxygens (including phenoxy) is 1. The van der Waals surface area contributed by atoms with Gasteiger partial charge in [0.1, 0.15) is 5.75 Å². The first-order valence-electron chi connectivity index (χ1n) is 6.20. The Bertz CT molecular complexity index is 600. The van der Waals surface area contributed by atoms with E-state index in [4.69, 9.17) is 38.2 Å². The first-order chi connectivity index (χ1) is 10.1. The number of hydroxylamine groups is 1. The number of halogens is 2. The Balaban J connectivity index is 2.25. The smallest absolute Gasteiger partial charge is 0.252 e. The van der Waals surface area contributed by atoms with Gasteiger partial charge in [0, 0.05) is 22.7 Å². The molecule has 0 amide bonds.